The molecule has 0 unspecified atom stereocenters. The fourth-order valence-corrected chi connectivity index (χ4v) is 5.39. The van der Waals surface area contributed by atoms with E-state index in [1.54, 1.807) is 25.1 Å². The minimum atomic E-state index is -0.478. The quantitative estimate of drug-likeness (QED) is 0.304. The van der Waals surface area contributed by atoms with E-state index in [1.165, 1.54) is 22.3 Å². The van der Waals surface area contributed by atoms with Crippen molar-refractivity contribution < 1.29 is 9.53 Å². The molecule has 1 aliphatic rings. The van der Waals surface area contributed by atoms with Crippen molar-refractivity contribution in [2.75, 3.05) is 18.5 Å². The second kappa shape index (κ2) is 9.65. The molecule has 0 amide bonds. The summed E-state index contributed by atoms with van der Waals surface area (Å²) in [6.07, 6.45) is 2.03. The van der Waals surface area contributed by atoms with Crippen LogP contribution in [0, 0.1) is 0 Å². The average molecular weight is 491 g/mol. The first kappa shape index (κ1) is 22.7. The van der Waals surface area contributed by atoms with E-state index < -0.39 is 5.97 Å². The predicted octanol–water partition coefficient (Wildman–Crippen LogP) is 7.06. The van der Waals surface area contributed by atoms with E-state index in [0.29, 0.717) is 22.1 Å². The molecule has 34 heavy (non-hydrogen) atoms. The molecule has 1 aromatic heterocycles. The summed E-state index contributed by atoms with van der Waals surface area (Å²) in [4.78, 5) is 17.0. The van der Waals surface area contributed by atoms with Gasteiger partial charge in [0.15, 0.2) is 5.69 Å². The molecule has 0 saturated heterocycles. The van der Waals surface area contributed by atoms with E-state index in [1.807, 2.05) is 0 Å². The van der Waals surface area contributed by atoms with Gasteiger partial charge in [0, 0.05) is 28.6 Å². The van der Waals surface area contributed by atoms with E-state index in [-0.39, 0.29) is 18.2 Å². The standard InChI is InChI=1S/C28H24Cl2N2O2/c1-2-34-28(33)26-15-24(27-23(30)13-19(29)14-25(27)32-26)31-16-22-20-9-5-3-7-17(20)11-12-18-8-4-6-10-21(18)22/h3-10,13-15,22H,2,11-12,16H2,1H3,(H,31,32). The molecule has 0 spiro atoms. The highest BCUT2D eigenvalue weighted by atomic mass is 35.5. The van der Waals surface area contributed by atoms with Crippen molar-refractivity contribution in [2.24, 2.45) is 0 Å². The topological polar surface area (TPSA) is 51.2 Å². The second-order valence-electron chi connectivity index (χ2n) is 8.39. The molecular weight excluding hydrogens is 467 g/mol. The SMILES string of the molecule is CCOC(=O)c1cc(NCC2c3ccccc3CCc3ccccc32)c2c(Cl)cc(Cl)cc2n1. The molecule has 172 valence electrons. The smallest absolute Gasteiger partial charge is 0.357 e. The molecule has 0 atom stereocenters. The number of fused-ring (bicyclic) bond motifs is 3. The first-order chi connectivity index (χ1) is 16.5. The van der Waals surface area contributed by atoms with Gasteiger partial charge in [0.25, 0.3) is 0 Å². The Kier molecular flexibility index (Phi) is 6.44. The van der Waals surface area contributed by atoms with Crippen LogP contribution < -0.4 is 5.32 Å². The van der Waals surface area contributed by atoms with Crippen molar-refractivity contribution in [1.82, 2.24) is 4.98 Å². The van der Waals surface area contributed by atoms with Crippen molar-refractivity contribution in [3.63, 3.8) is 0 Å². The molecular formula is C28H24Cl2N2O2. The third kappa shape index (κ3) is 4.36. The van der Waals surface area contributed by atoms with E-state index in [9.17, 15) is 4.79 Å². The third-order valence-electron chi connectivity index (χ3n) is 6.33. The minimum Gasteiger partial charge on any atom is -0.461 e. The van der Waals surface area contributed by atoms with Crippen molar-refractivity contribution in [2.45, 2.75) is 25.7 Å². The number of aryl methyl sites for hydroxylation is 2. The molecule has 4 nitrogen and oxygen atoms in total. The number of pyridine rings is 1. The zero-order valence-electron chi connectivity index (χ0n) is 18.8. The maximum Gasteiger partial charge on any atom is 0.357 e. The maximum absolute atomic E-state index is 12.5. The third-order valence-corrected chi connectivity index (χ3v) is 6.85. The minimum absolute atomic E-state index is 0.148. The number of ether oxygens (including phenoxy) is 1. The molecule has 0 aliphatic heterocycles. The van der Waals surface area contributed by atoms with Gasteiger partial charge in [0.2, 0.25) is 0 Å². The van der Waals surface area contributed by atoms with Gasteiger partial charge in [-0.25, -0.2) is 9.78 Å². The molecule has 4 aromatic rings. The number of anilines is 1. The van der Waals surface area contributed by atoms with Crippen LogP contribution in [0.15, 0.2) is 66.7 Å². The summed E-state index contributed by atoms with van der Waals surface area (Å²) in [5, 5.41) is 5.26. The highest BCUT2D eigenvalue weighted by Gasteiger charge is 2.24. The Morgan fingerprint density at radius 3 is 2.29 bits per heavy atom. The van der Waals surface area contributed by atoms with Crippen LogP contribution >= 0.6 is 23.2 Å². The summed E-state index contributed by atoms with van der Waals surface area (Å²) in [6.45, 7) is 2.68. The zero-order valence-corrected chi connectivity index (χ0v) is 20.3. The van der Waals surface area contributed by atoms with E-state index in [0.717, 1.165) is 23.9 Å². The Morgan fingerprint density at radius 2 is 1.65 bits per heavy atom. The molecule has 0 fully saturated rings. The first-order valence-corrected chi connectivity index (χ1v) is 12.2. The fourth-order valence-electron chi connectivity index (χ4n) is 4.81. The van der Waals surface area contributed by atoms with E-state index >= 15 is 0 Å². The molecule has 1 heterocycles. The molecule has 6 heteroatoms. The Morgan fingerprint density at radius 1 is 1.00 bits per heavy atom. The molecule has 0 radical (unpaired) electrons. The van der Waals surface area contributed by atoms with Crippen LogP contribution in [0.4, 0.5) is 5.69 Å². The van der Waals surface area contributed by atoms with Gasteiger partial charge in [-0.3, -0.25) is 0 Å². The number of carbonyl (C=O) groups is 1. The van der Waals surface area contributed by atoms with Crippen LogP contribution in [0.25, 0.3) is 10.9 Å². The zero-order chi connectivity index (χ0) is 23.7. The van der Waals surface area contributed by atoms with Crippen LogP contribution in [0.5, 0.6) is 0 Å². The molecule has 1 N–H and O–H groups in total. The van der Waals surface area contributed by atoms with Crippen LogP contribution in [-0.2, 0) is 17.6 Å². The predicted molar refractivity (Wildman–Crippen MR) is 138 cm³/mol. The van der Waals surface area contributed by atoms with Crippen LogP contribution in [0.2, 0.25) is 10.0 Å². The van der Waals surface area contributed by atoms with E-state index in [2.05, 4.69) is 58.8 Å². The van der Waals surface area contributed by atoms with Gasteiger partial charge < -0.3 is 10.1 Å². The number of benzene rings is 3. The van der Waals surface area contributed by atoms with Crippen molar-refractivity contribution >= 4 is 45.8 Å². The Balaban J connectivity index is 1.59. The molecule has 3 aromatic carbocycles. The number of rotatable bonds is 5. The van der Waals surface area contributed by atoms with Gasteiger partial charge in [-0.1, -0.05) is 71.7 Å². The second-order valence-corrected chi connectivity index (χ2v) is 9.23. The van der Waals surface area contributed by atoms with Crippen molar-refractivity contribution in [3.8, 4) is 0 Å². The van der Waals surface area contributed by atoms with Gasteiger partial charge in [0.1, 0.15) is 0 Å². The van der Waals surface area contributed by atoms with E-state index in [4.69, 9.17) is 27.9 Å². The molecule has 1 aliphatic carbocycles. The lowest BCUT2D eigenvalue weighted by Gasteiger charge is -2.22. The first-order valence-electron chi connectivity index (χ1n) is 11.4. The molecule has 0 saturated carbocycles. The number of hydrogen-bond donors (Lipinski definition) is 1. The van der Waals surface area contributed by atoms with Crippen LogP contribution in [0.3, 0.4) is 0 Å². The number of halogens is 2. The Labute approximate surface area is 208 Å². The Bertz CT molecular complexity index is 1340. The lowest BCUT2D eigenvalue weighted by atomic mass is 9.88. The number of nitrogens with zero attached hydrogens (tertiary/aromatic N) is 1. The number of nitrogens with one attached hydrogen (secondary N) is 1. The normalized spacial score (nSPS) is 13.1. The van der Waals surface area contributed by atoms with Gasteiger partial charge in [0.05, 0.1) is 17.1 Å². The summed E-state index contributed by atoms with van der Waals surface area (Å²) in [6, 6.07) is 22.4. The van der Waals surface area contributed by atoms with Gasteiger partial charge in [-0.05, 0) is 60.2 Å². The van der Waals surface area contributed by atoms with Crippen molar-refractivity contribution in [3.05, 3.63) is 105 Å². The summed E-state index contributed by atoms with van der Waals surface area (Å²) >= 11 is 12.8. The summed E-state index contributed by atoms with van der Waals surface area (Å²) in [5.74, 6) is -0.330. The molecule has 0 bridgehead atoms. The Hall–Kier alpha value is -3.08. The summed E-state index contributed by atoms with van der Waals surface area (Å²) in [5.41, 5.74) is 6.86. The number of esters is 1. The molecule has 5 rings (SSSR count). The lowest BCUT2D eigenvalue weighted by molar-refractivity contribution is 0.0520. The van der Waals surface area contributed by atoms with Crippen LogP contribution in [0.1, 0.15) is 45.6 Å². The number of hydrogen-bond acceptors (Lipinski definition) is 4. The average Bonchev–Trinajstić information content (AvgIpc) is 2.99. The lowest BCUT2D eigenvalue weighted by Crippen LogP contribution is -2.16. The summed E-state index contributed by atoms with van der Waals surface area (Å²) < 4.78 is 5.20. The maximum atomic E-state index is 12.5. The highest BCUT2D eigenvalue weighted by Crippen LogP contribution is 2.37. The highest BCUT2D eigenvalue weighted by molar-refractivity contribution is 6.39. The number of carbonyl (C=O) groups excluding carboxylic acids is 1. The summed E-state index contributed by atoms with van der Waals surface area (Å²) in [7, 11) is 0. The van der Waals surface area contributed by atoms with Gasteiger partial charge >= 0.3 is 5.97 Å². The van der Waals surface area contributed by atoms with Gasteiger partial charge in [-0.2, -0.15) is 0 Å². The van der Waals surface area contributed by atoms with Crippen LogP contribution in [-0.4, -0.2) is 24.1 Å². The monoisotopic (exact) mass is 490 g/mol. The number of aromatic nitrogens is 1. The fraction of sp³-hybridized carbons (Fsp3) is 0.214. The van der Waals surface area contributed by atoms with Crippen molar-refractivity contribution in [1.29, 1.82) is 0 Å². The van der Waals surface area contributed by atoms with Gasteiger partial charge in [-0.15, -0.1) is 0 Å². The largest absolute Gasteiger partial charge is 0.461 e.